The van der Waals surface area contributed by atoms with Crippen molar-refractivity contribution >= 4 is 39.9 Å². The fraction of sp³-hybridized carbons (Fsp3) is 0.231. The Morgan fingerprint density at radius 1 is 1.11 bits per heavy atom. The lowest BCUT2D eigenvalue weighted by Crippen LogP contribution is -2.05. The summed E-state index contributed by atoms with van der Waals surface area (Å²) in [5.41, 5.74) is 2.05. The third-order valence-corrected chi connectivity index (χ3v) is 3.25. The van der Waals surface area contributed by atoms with Gasteiger partial charge in [-0.15, -0.1) is 0 Å². The summed E-state index contributed by atoms with van der Waals surface area (Å²) in [6.45, 7) is 4.90. The minimum absolute atomic E-state index is 0.835. The number of aromatic nitrogens is 2. The largest absolute Gasteiger partial charge is 0.370 e. The van der Waals surface area contributed by atoms with E-state index in [1.807, 2.05) is 26.0 Å². The van der Waals surface area contributed by atoms with E-state index in [-0.39, 0.29) is 0 Å². The standard InChI is InChI=1S/C13H15IN4/c1-3-15-12-9(2)13(17-8-16-12)18-11-6-4-10(14)5-7-11/h4-8H,3H2,1-2H3,(H2,15,16,17,18). The van der Waals surface area contributed by atoms with Crippen molar-refractivity contribution in [1.82, 2.24) is 9.97 Å². The fourth-order valence-electron chi connectivity index (χ4n) is 1.59. The number of hydrogen-bond donors (Lipinski definition) is 2. The Labute approximate surface area is 120 Å². The predicted molar refractivity (Wildman–Crippen MR) is 83.4 cm³/mol. The van der Waals surface area contributed by atoms with Gasteiger partial charge in [0, 0.05) is 21.4 Å². The van der Waals surface area contributed by atoms with Crippen molar-refractivity contribution in [3.8, 4) is 0 Å². The van der Waals surface area contributed by atoms with Crippen LogP contribution >= 0.6 is 22.6 Å². The average Bonchev–Trinajstić information content (AvgIpc) is 2.37. The Hall–Kier alpha value is -1.37. The van der Waals surface area contributed by atoms with Gasteiger partial charge in [0.05, 0.1) is 0 Å². The van der Waals surface area contributed by atoms with Crippen LogP contribution in [-0.2, 0) is 0 Å². The first-order chi connectivity index (χ1) is 8.70. The Balaban J connectivity index is 2.23. The van der Waals surface area contributed by atoms with Crippen LogP contribution in [0, 0.1) is 10.5 Å². The van der Waals surface area contributed by atoms with Gasteiger partial charge in [0.25, 0.3) is 0 Å². The maximum Gasteiger partial charge on any atom is 0.138 e. The first-order valence-electron chi connectivity index (χ1n) is 5.78. The molecule has 0 aliphatic carbocycles. The molecular formula is C13H15IN4. The van der Waals surface area contributed by atoms with Gasteiger partial charge in [-0.25, -0.2) is 9.97 Å². The van der Waals surface area contributed by atoms with Crippen LogP contribution in [0.5, 0.6) is 0 Å². The number of anilines is 3. The van der Waals surface area contributed by atoms with E-state index >= 15 is 0 Å². The minimum atomic E-state index is 0.835. The van der Waals surface area contributed by atoms with Crippen LogP contribution in [0.15, 0.2) is 30.6 Å². The van der Waals surface area contributed by atoms with Crippen LogP contribution in [0.4, 0.5) is 17.3 Å². The van der Waals surface area contributed by atoms with Crippen LogP contribution in [0.3, 0.4) is 0 Å². The van der Waals surface area contributed by atoms with Crippen molar-refractivity contribution < 1.29 is 0 Å². The molecule has 5 heteroatoms. The van der Waals surface area contributed by atoms with Gasteiger partial charge in [-0.3, -0.25) is 0 Å². The third kappa shape index (κ3) is 3.10. The first kappa shape index (κ1) is 13.1. The molecule has 2 N–H and O–H groups in total. The highest BCUT2D eigenvalue weighted by molar-refractivity contribution is 14.1. The molecular weight excluding hydrogens is 339 g/mol. The number of halogens is 1. The van der Waals surface area contributed by atoms with E-state index in [4.69, 9.17) is 0 Å². The Morgan fingerprint density at radius 3 is 2.44 bits per heavy atom. The normalized spacial score (nSPS) is 10.2. The molecule has 0 atom stereocenters. The zero-order chi connectivity index (χ0) is 13.0. The Kier molecular flexibility index (Phi) is 4.35. The number of rotatable bonds is 4. The molecule has 0 aliphatic heterocycles. The molecule has 1 aromatic heterocycles. The van der Waals surface area contributed by atoms with Crippen molar-refractivity contribution in [2.24, 2.45) is 0 Å². The minimum Gasteiger partial charge on any atom is -0.370 e. The summed E-state index contributed by atoms with van der Waals surface area (Å²) in [6, 6.07) is 8.20. The molecule has 0 radical (unpaired) electrons. The monoisotopic (exact) mass is 354 g/mol. The van der Waals surface area contributed by atoms with Crippen LogP contribution in [0.1, 0.15) is 12.5 Å². The molecule has 0 fully saturated rings. The van der Waals surface area contributed by atoms with E-state index in [2.05, 4.69) is 55.3 Å². The summed E-state index contributed by atoms with van der Waals surface area (Å²) in [6.07, 6.45) is 1.57. The highest BCUT2D eigenvalue weighted by Gasteiger charge is 2.06. The quantitative estimate of drug-likeness (QED) is 0.825. The van der Waals surface area contributed by atoms with Gasteiger partial charge in [0.2, 0.25) is 0 Å². The van der Waals surface area contributed by atoms with Gasteiger partial charge in [0.15, 0.2) is 0 Å². The average molecular weight is 354 g/mol. The molecule has 18 heavy (non-hydrogen) atoms. The smallest absolute Gasteiger partial charge is 0.138 e. The highest BCUT2D eigenvalue weighted by Crippen LogP contribution is 2.22. The van der Waals surface area contributed by atoms with E-state index in [1.165, 1.54) is 3.57 Å². The molecule has 2 aromatic rings. The molecule has 0 saturated heterocycles. The molecule has 0 aliphatic rings. The summed E-state index contributed by atoms with van der Waals surface area (Å²) in [4.78, 5) is 8.50. The van der Waals surface area contributed by atoms with Crippen LogP contribution in [0.2, 0.25) is 0 Å². The molecule has 0 amide bonds. The van der Waals surface area contributed by atoms with Crippen molar-refractivity contribution in [2.45, 2.75) is 13.8 Å². The zero-order valence-corrected chi connectivity index (χ0v) is 12.5. The Morgan fingerprint density at radius 2 is 1.78 bits per heavy atom. The summed E-state index contributed by atoms with van der Waals surface area (Å²) in [5.74, 6) is 1.71. The fourth-order valence-corrected chi connectivity index (χ4v) is 1.95. The SMILES string of the molecule is CCNc1ncnc(Nc2ccc(I)cc2)c1C. The van der Waals surface area contributed by atoms with E-state index in [9.17, 15) is 0 Å². The second kappa shape index (κ2) is 5.99. The maximum atomic E-state index is 4.27. The molecule has 0 spiro atoms. The van der Waals surface area contributed by atoms with Gasteiger partial charge >= 0.3 is 0 Å². The van der Waals surface area contributed by atoms with Gasteiger partial charge in [-0.1, -0.05) is 0 Å². The topological polar surface area (TPSA) is 49.8 Å². The van der Waals surface area contributed by atoms with Crippen molar-refractivity contribution in [3.63, 3.8) is 0 Å². The number of nitrogens with zero attached hydrogens (tertiary/aromatic N) is 2. The van der Waals surface area contributed by atoms with E-state index < -0.39 is 0 Å². The number of benzene rings is 1. The third-order valence-electron chi connectivity index (χ3n) is 2.54. The molecule has 0 unspecified atom stereocenters. The van der Waals surface area contributed by atoms with Crippen molar-refractivity contribution in [2.75, 3.05) is 17.2 Å². The lowest BCUT2D eigenvalue weighted by Gasteiger charge is -2.11. The lowest BCUT2D eigenvalue weighted by molar-refractivity contribution is 1.08. The maximum absolute atomic E-state index is 4.27. The number of hydrogen-bond acceptors (Lipinski definition) is 4. The zero-order valence-electron chi connectivity index (χ0n) is 10.4. The molecule has 1 heterocycles. The second-order valence-electron chi connectivity index (χ2n) is 3.86. The van der Waals surface area contributed by atoms with Crippen molar-refractivity contribution in [1.29, 1.82) is 0 Å². The van der Waals surface area contributed by atoms with Crippen LogP contribution in [0.25, 0.3) is 0 Å². The second-order valence-corrected chi connectivity index (χ2v) is 5.10. The van der Waals surface area contributed by atoms with E-state index in [0.717, 1.165) is 29.4 Å². The lowest BCUT2D eigenvalue weighted by atomic mass is 10.2. The highest BCUT2D eigenvalue weighted by atomic mass is 127. The molecule has 2 rings (SSSR count). The summed E-state index contributed by atoms with van der Waals surface area (Å²) < 4.78 is 1.21. The molecule has 4 nitrogen and oxygen atoms in total. The van der Waals surface area contributed by atoms with Gasteiger partial charge in [0.1, 0.15) is 18.0 Å². The summed E-state index contributed by atoms with van der Waals surface area (Å²) in [7, 11) is 0. The Bertz CT molecular complexity index is 525. The van der Waals surface area contributed by atoms with E-state index in [1.54, 1.807) is 6.33 Å². The predicted octanol–water partition coefficient (Wildman–Crippen LogP) is 3.57. The molecule has 94 valence electrons. The van der Waals surface area contributed by atoms with Gasteiger partial charge < -0.3 is 10.6 Å². The number of nitrogens with one attached hydrogen (secondary N) is 2. The van der Waals surface area contributed by atoms with Crippen LogP contribution in [-0.4, -0.2) is 16.5 Å². The molecule has 1 aromatic carbocycles. The van der Waals surface area contributed by atoms with E-state index in [0.29, 0.717) is 0 Å². The van der Waals surface area contributed by atoms with Crippen LogP contribution < -0.4 is 10.6 Å². The van der Waals surface area contributed by atoms with Gasteiger partial charge in [-0.05, 0) is 60.7 Å². The summed E-state index contributed by atoms with van der Waals surface area (Å²) in [5, 5.41) is 6.52. The first-order valence-corrected chi connectivity index (χ1v) is 6.86. The molecule has 0 bridgehead atoms. The van der Waals surface area contributed by atoms with Crippen molar-refractivity contribution in [3.05, 3.63) is 39.7 Å². The van der Waals surface area contributed by atoms with Gasteiger partial charge in [-0.2, -0.15) is 0 Å². The molecule has 0 saturated carbocycles. The summed E-state index contributed by atoms with van der Waals surface area (Å²) >= 11 is 2.29.